The highest BCUT2D eigenvalue weighted by atomic mass is 16.5. The van der Waals surface area contributed by atoms with E-state index in [0.29, 0.717) is 0 Å². The van der Waals surface area contributed by atoms with Gasteiger partial charge in [0.1, 0.15) is 5.75 Å². The largest absolute Gasteiger partial charge is 0.497 e. The van der Waals surface area contributed by atoms with Crippen molar-refractivity contribution in [2.24, 2.45) is 0 Å². The van der Waals surface area contributed by atoms with Crippen LogP contribution in [0.4, 0.5) is 5.69 Å². The van der Waals surface area contributed by atoms with Gasteiger partial charge in [-0.15, -0.1) is 0 Å². The van der Waals surface area contributed by atoms with Gasteiger partial charge in [-0.1, -0.05) is 6.92 Å². The fourth-order valence-corrected chi connectivity index (χ4v) is 1.45. The van der Waals surface area contributed by atoms with E-state index in [0.717, 1.165) is 24.4 Å². The van der Waals surface area contributed by atoms with E-state index in [9.17, 15) is 4.79 Å². The Morgan fingerprint density at radius 2 is 1.93 bits per heavy atom. The first-order valence-corrected chi connectivity index (χ1v) is 5.11. The van der Waals surface area contributed by atoms with Crippen LogP contribution in [-0.4, -0.2) is 19.6 Å². The topological polar surface area (TPSA) is 29.5 Å². The molecule has 0 aromatic heterocycles. The summed E-state index contributed by atoms with van der Waals surface area (Å²) in [6, 6.07) is 7.52. The van der Waals surface area contributed by atoms with Crippen LogP contribution in [0.2, 0.25) is 0 Å². The monoisotopic (exact) mass is 207 g/mol. The highest BCUT2D eigenvalue weighted by Crippen LogP contribution is 2.19. The standard InChI is InChI=1S/C12H17NO2/c1-4-9-13(10(2)14)11-5-7-12(15-3)8-6-11/h5-8H,4,9H2,1-3H3. The molecule has 0 atom stereocenters. The van der Waals surface area contributed by atoms with Gasteiger partial charge in [0.2, 0.25) is 5.91 Å². The first kappa shape index (κ1) is 11.6. The third kappa shape index (κ3) is 2.98. The van der Waals surface area contributed by atoms with Crippen molar-refractivity contribution in [1.82, 2.24) is 0 Å². The number of hydrogen-bond donors (Lipinski definition) is 0. The van der Waals surface area contributed by atoms with E-state index >= 15 is 0 Å². The molecule has 0 radical (unpaired) electrons. The van der Waals surface area contributed by atoms with Crippen LogP contribution in [0.25, 0.3) is 0 Å². The molecule has 82 valence electrons. The van der Waals surface area contributed by atoms with Crippen molar-refractivity contribution >= 4 is 11.6 Å². The molecule has 1 rings (SSSR count). The highest BCUT2D eigenvalue weighted by molar-refractivity contribution is 5.91. The molecule has 0 saturated carbocycles. The Bertz CT molecular complexity index is 319. The zero-order valence-electron chi connectivity index (χ0n) is 9.49. The quantitative estimate of drug-likeness (QED) is 0.759. The smallest absolute Gasteiger partial charge is 0.223 e. The van der Waals surface area contributed by atoms with E-state index in [1.165, 1.54) is 0 Å². The molecule has 0 aliphatic carbocycles. The average Bonchev–Trinajstić information content (AvgIpc) is 2.26. The van der Waals surface area contributed by atoms with Crippen LogP contribution in [0.15, 0.2) is 24.3 Å². The first-order valence-electron chi connectivity index (χ1n) is 5.11. The number of carbonyl (C=O) groups is 1. The molecule has 0 heterocycles. The molecule has 0 fully saturated rings. The Balaban J connectivity index is 2.86. The minimum absolute atomic E-state index is 0.0713. The summed E-state index contributed by atoms with van der Waals surface area (Å²) in [5.74, 6) is 0.876. The maximum Gasteiger partial charge on any atom is 0.223 e. The second-order valence-corrected chi connectivity index (χ2v) is 3.37. The SMILES string of the molecule is CCCN(C(C)=O)c1ccc(OC)cc1. The fourth-order valence-electron chi connectivity index (χ4n) is 1.45. The molecule has 3 heteroatoms. The molecule has 0 saturated heterocycles. The number of ether oxygens (including phenoxy) is 1. The Labute approximate surface area is 90.7 Å². The number of hydrogen-bond acceptors (Lipinski definition) is 2. The number of benzene rings is 1. The summed E-state index contributed by atoms with van der Waals surface area (Å²) >= 11 is 0. The van der Waals surface area contributed by atoms with Crippen LogP contribution >= 0.6 is 0 Å². The van der Waals surface area contributed by atoms with E-state index in [1.54, 1.807) is 18.9 Å². The summed E-state index contributed by atoms with van der Waals surface area (Å²) in [4.78, 5) is 13.1. The molecule has 0 unspecified atom stereocenters. The van der Waals surface area contributed by atoms with Gasteiger partial charge in [-0.3, -0.25) is 4.79 Å². The third-order valence-electron chi connectivity index (χ3n) is 2.21. The Morgan fingerprint density at radius 1 is 1.33 bits per heavy atom. The summed E-state index contributed by atoms with van der Waals surface area (Å²) in [5, 5.41) is 0. The van der Waals surface area contributed by atoms with Crippen molar-refractivity contribution in [2.45, 2.75) is 20.3 Å². The van der Waals surface area contributed by atoms with E-state index in [1.807, 2.05) is 24.3 Å². The summed E-state index contributed by atoms with van der Waals surface area (Å²) in [5.41, 5.74) is 0.921. The van der Waals surface area contributed by atoms with Crippen LogP contribution in [0.5, 0.6) is 5.75 Å². The van der Waals surface area contributed by atoms with E-state index in [2.05, 4.69) is 6.92 Å². The molecule has 0 N–H and O–H groups in total. The third-order valence-corrected chi connectivity index (χ3v) is 2.21. The molecule has 1 aromatic rings. The fraction of sp³-hybridized carbons (Fsp3) is 0.417. The molecule has 0 bridgehead atoms. The lowest BCUT2D eigenvalue weighted by Gasteiger charge is -2.20. The Hall–Kier alpha value is -1.51. The predicted molar refractivity (Wildman–Crippen MR) is 61.3 cm³/mol. The van der Waals surface area contributed by atoms with Crippen molar-refractivity contribution in [3.05, 3.63) is 24.3 Å². The van der Waals surface area contributed by atoms with Crippen molar-refractivity contribution in [1.29, 1.82) is 0 Å². The zero-order chi connectivity index (χ0) is 11.3. The van der Waals surface area contributed by atoms with Crippen LogP contribution in [0.3, 0.4) is 0 Å². The summed E-state index contributed by atoms with van der Waals surface area (Å²) in [6.07, 6.45) is 0.950. The lowest BCUT2D eigenvalue weighted by molar-refractivity contribution is -0.116. The molecule has 1 amide bonds. The molecule has 0 spiro atoms. The van der Waals surface area contributed by atoms with Crippen molar-refractivity contribution in [3.8, 4) is 5.75 Å². The summed E-state index contributed by atoms with van der Waals surface area (Å²) < 4.78 is 5.07. The van der Waals surface area contributed by atoms with Crippen molar-refractivity contribution in [3.63, 3.8) is 0 Å². The first-order chi connectivity index (χ1) is 7.19. The van der Waals surface area contributed by atoms with Gasteiger partial charge in [0.15, 0.2) is 0 Å². The lowest BCUT2D eigenvalue weighted by Crippen LogP contribution is -2.28. The Kier molecular flexibility index (Phi) is 4.16. The molecular weight excluding hydrogens is 190 g/mol. The van der Waals surface area contributed by atoms with Gasteiger partial charge in [0.05, 0.1) is 7.11 Å². The van der Waals surface area contributed by atoms with E-state index in [4.69, 9.17) is 4.74 Å². The summed E-state index contributed by atoms with van der Waals surface area (Å²) in [6.45, 7) is 4.39. The van der Waals surface area contributed by atoms with Crippen LogP contribution in [-0.2, 0) is 4.79 Å². The van der Waals surface area contributed by atoms with Crippen molar-refractivity contribution < 1.29 is 9.53 Å². The van der Waals surface area contributed by atoms with Gasteiger partial charge in [-0.25, -0.2) is 0 Å². The molecule has 0 aliphatic heterocycles. The maximum absolute atomic E-state index is 11.4. The summed E-state index contributed by atoms with van der Waals surface area (Å²) in [7, 11) is 1.63. The second-order valence-electron chi connectivity index (χ2n) is 3.37. The molecule has 0 aliphatic rings. The van der Waals surface area contributed by atoms with Crippen LogP contribution < -0.4 is 9.64 Å². The van der Waals surface area contributed by atoms with E-state index < -0.39 is 0 Å². The zero-order valence-corrected chi connectivity index (χ0v) is 9.49. The minimum atomic E-state index is 0.0713. The number of rotatable bonds is 4. The average molecular weight is 207 g/mol. The van der Waals surface area contributed by atoms with Gasteiger partial charge in [0.25, 0.3) is 0 Å². The van der Waals surface area contributed by atoms with Gasteiger partial charge < -0.3 is 9.64 Å². The minimum Gasteiger partial charge on any atom is -0.497 e. The van der Waals surface area contributed by atoms with Crippen LogP contribution in [0.1, 0.15) is 20.3 Å². The van der Waals surface area contributed by atoms with Gasteiger partial charge in [0, 0.05) is 19.2 Å². The number of carbonyl (C=O) groups excluding carboxylic acids is 1. The number of amides is 1. The number of nitrogens with zero attached hydrogens (tertiary/aromatic N) is 1. The van der Waals surface area contributed by atoms with Gasteiger partial charge in [-0.2, -0.15) is 0 Å². The Morgan fingerprint density at radius 3 is 2.33 bits per heavy atom. The van der Waals surface area contributed by atoms with Gasteiger partial charge >= 0.3 is 0 Å². The van der Waals surface area contributed by atoms with Crippen LogP contribution in [0, 0.1) is 0 Å². The van der Waals surface area contributed by atoms with Crippen molar-refractivity contribution in [2.75, 3.05) is 18.6 Å². The predicted octanol–water partition coefficient (Wildman–Crippen LogP) is 2.46. The second kappa shape index (κ2) is 5.39. The highest BCUT2D eigenvalue weighted by Gasteiger charge is 2.09. The molecule has 3 nitrogen and oxygen atoms in total. The normalized spacial score (nSPS) is 9.80. The molecule has 15 heavy (non-hydrogen) atoms. The molecule has 1 aromatic carbocycles. The maximum atomic E-state index is 11.4. The number of methoxy groups -OCH3 is 1. The van der Waals surface area contributed by atoms with E-state index in [-0.39, 0.29) is 5.91 Å². The number of anilines is 1. The molecular formula is C12H17NO2. The van der Waals surface area contributed by atoms with Gasteiger partial charge in [-0.05, 0) is 30.7 Å². The lowest BCUT2D eigenvalue weighted by atomic mass is 10.2.